The van der Waals surface area contributed by atoms with Gasteiger partial charge in [-0.05, 0) is 34.6 Å². The van der Waals surface area contributed by atoms with E-state index in [-0.39, 0.29) is 35.1 Å². The molecule has 6 N–H and O–H groups in total. The highest BCUT2D eigenvalue weighted by Gasteiger charge is 2.30. The number of fused-ring (bicyclic) bond motifs is 1. The van der Waals surface area contributed by atoms with Gasteiger partial charge in [0, 0.05) is 5.70 Å². The van der Waals surface area contributed by atoms with Gasteiger partial charge in [0.1, 0.15) is 11.2 Å². The maximum atomic E-state index is 14.1. The first kappa shape index (κ1) is 18.2. The number of nitrogens with two attached hydrogens (primary N) is 3. The molecule has 27 heavy (non-hydrogen) atoms. The molecule has 0 unspecified atom stereocenters. The van der Waals surface area contributed by atoms with Crippen molar-refractivity contribution in [3.05, 3.63) is 47.6 Å². The van der Waals surface area contributed by atoms with Crippen LogP contribution in [0.25, 0.3) is 22.6 Å². The SMILES string of the molecule is N/C(=C\C=C(/N)C(F)(F)F)Cn1c(-c2nonc2N)nc2c(F)cccc21. The molecule has 0 amide bonds. The lowest BCUT2D eigenvalue weighted by molar-refractivity contribution is -0.0926. The Hall–Kier alpha value is -3.57. The number of halogens is 4. The Balaban J connectivity index is 2.08. The zero-order chi connectivity index (χ0) is 19.8. The number of benzene rings is 1. The normalized spacial score (nSPS) is 13.5. The largest absolute Gasteiger partial charge is 0.430 e. The molecule has 1 aromatic carbocycles. The van der Waals surface area contributed by atoms with Crippen LogP contribution >= 0.6 is 0 Å². The molecule has 0 fully saturated rings. The Morgan fingerprint density at radius 1 is 1.19 bits per heavy atom. The first-order valence-electron chi connectivity index (χ1n) is 7.40. The molecule has 0 aliphatic heterocycles. The number of alkyl halides is 3. The molecule has 0 bridgehead atoms. The van der Waals surface area contributed by atoms with E-state index in [1.54, 1.807) is 6.07 Å². The number of rotatable bonds is 4. The molecule has 0 spiro atoms. The van der Waals surface area contributed by atoms with E-state index in [1.165, 1.54) is 16.7 Å². The molecular formula is C15H13F4N7O. The van der Waals surface area contributed by atoms with Crippen molar-refractivity contribution in [2.75, 3.05) is 5.73 Å². The van der Waals surface area contributed by atoms with Crippen molar-refractivity contribution >= 4 is 16.9 Å². The Bertz CT molecular complexity index is 1050. The number of para-hydroxylation sites is 1. The molecule has 12 heteroatoms. The van der Waals surface area contributed by atoms with Crippen LogP contribution in [-0.4, -0.2) is 26.0 Å². The van der Waals surface area contributed by atoms with Gasteiger partial charge in [-0.2, -0.15) is 13.2 Å². The smallest absolute Gasteiger partial charge is 0.401 e. The average Bonchev–Trinajstić information content (AvgIpc) is 3.16. The van der Waals surface area contributed by atoms with Gasteiger partial charge in [0.15, 0.2) is 23.2 Å². The molecule has 3 rings (SSSR count). The summed E-state index contributed by atoms with van der Waals surface area (Å²) in [6, 6.07) is 4.22. The second kappa shape index (κ2) is 6.63. The Kier molecular flexibility index (Phi) is 4.47. The lowest BCUT2D eigenvalue weighted by Gasteiger charge is -2.08. The quantitative estimate of drug-likeness (QED) is 0.463. The number of allylic oxidation sites excluding steroid dienone is 4. The fraction of sp³-hybridized carbons (Fsp3) is 0.133. The summed E-state index contributed by atoms with van der Waals surface area (Å²) in [6.07, 6.45) is -3.03. The van der Waals surface area contributed by atoms with Gasteiger partial charge in [0.25, 0.3) is 0 Å². The fourth-order valence-electron chi connectivity index (χ4n) is 2.33. The van der Waals surface area contributed by atoms with Crippen LogP contribution in [0.1, 0.15) is 0 Å². The molecule has 0 aliphatic rings. The van der Waals surface area contributed by atoms with Crippen LogP contribution in [0, 0.1) is 5.82 Å². The third kappa shape index (κ3) is 3.54. The second-order valence-corrected chi connectivity index (χ2v) is 5.49. The number of aromatic nitrogens is 4. The van der Waals surface area contributed by atoms with E-state index in [0.29, 0.717) is 11.6 Å². The van der Waals surface area contributed by atoms with Crippen LogP contribution in [0.15, 0.2) is 46.4 Å². The molecule has 0 radical (unpaired) electrons. The van der Waals surface area contributed by atoms with Crippen molar-refractivity contribution in [1.29, 1.82) is 0 Å². The zero-order valence-electron chi connectivity index (χ0n) is 13.5. The molecule has 2 aromatic heterocycles. The molecule has 0 saturated carbocycles. The van der Waals surface area contributed by atoms with Crippen molar-refractivity contribution < 1.29 is 22.2 Å². The van der Waals surface area contributed by atoms with E-state index >= 15 is 0 Å². The summed E-state index contributed by atoms with van der Waals surface area (Å²) in [4.78, 5) is 4.15. The number of nitrogen functional groups attached to an aromatic ring is 1. The standard InChI is InChI=1S/C15H13F4N7O/c16-8-2-1-3-9-11(8)23-14(12-13(22)25-27-24-12)26(9)6-7(20)4-5-10(21)15(17,18)19/h1-5H,6,20-21H2,(H2,22,25)/b7-4-,10-5-. The van der Waals surface area contributed by atoms with Gasteiger partial charge in [-0.1, -0.05) is 6.07 Å². The predicted molar refractivity (Wildman–Crippen MR) is 88.0 cm³/mol. The molecule has 2 heterocycles. The van der Waals surface area contributed by atoms with Gasteiger partial charge >= 0.3 is 6.18 Å². The van der Waals surface area contributed by atoms with Crippen LogP contribution in [0.4, 0.5) is 23.4 Å². The van der Waals surface area contributed by atoms with Crippen LogP contribution in [-0.2, 0) is 6.54 Å². The van der Waals surface area contributed by atoms with Crippen LogP contribution in [0.2, 0.25) is 0 Å². The monoisotopic (exact) mass is 383 g/mol. The fourth-order valence-corrected chi connectivity index (χ4v) is 2.33. The minimum absolute atomic E-state index is 0.00189. The first-order valence-corrected chi connectivity index (χ1v) is 7.40. The minimum Gasteiger partial charge on any atom is -0.401 e. The average molecular weight is 383 g/mol. The van der Waals surface area contributed by atoms with Gasteiger partial charge in [-0.25, -0.2) is 14.0 Å². The van der Waals surface area contributed by atoms with Crippen molar-refractivity contribution in [3.63, 3.8) is 0 Å². The van der Waals surface area contributed by atoms with E-state index in [0.717, 1.165) is 6.08 Å². The number of hydrogen-bond donors (Lipinski definition) is 3. The highest BCUT2D eigenvalue weighted by molar-refractivity contribution is 5.82. The summed E-state index contributed by atoms with van der Waals surface area (Å²) in [5.74, 6) is -0.597. The highest BCUT2D eigenvalue weighted by Crippen LogP contribution is 2.28. The van der Waals surface area contributed by atoms with Crippen molar-refractivity contribution in [2.45, 2.75) is 12.7 Å². The summed E-state index contributed by atoms with van der Waals surface area (Å²) in [5.41, 5.74) is 15.5. The van der Waals surface area contributed by atoms with Crippen molar-refractivity contribution in [1.82, 2.24) is 19.9 Å². The van der Waals surface area contributed by atoms with E-state index in [9.17, 15) is 17.6 Å². The van der Waals surface area contributed by atoms with E-state index < -0.39 is 17.7 Å². The first-order chi connectivity index (χ1) is 12.7. The Morgan fingerprint density at radius 2 is 1.93 bits per heavy atom. The van der Waals surface area contributed by atoms with E-state index in [2.05, 4.69) is 19.9 Å². The molecule has 142 valence electrons. The number of anilines is 1. The number of nitrogens with zero attached hydrogens (tertiary/aromatic N) is 4. The predicted octanol–water partition coefficient (Wildman–Crippen LogP) is 2.06. The summed E-state index contributed by atoms with van der Waals surface area (Å²) < 4.78 is 57.4. The summed E-state index contributed by atoms with van der Waals surface area (Å²) in [7, 11) is 0. The van der Waals surface area contributed by atoms with Crippen molar-refractivity contribution in [3.8, 4) is 11.5 Å². The molecule has 8 nitrogen and oxygen atoms in total. The van der Waals surface area contributed by atoms with Gasteiger partial charge in [-0.3, -0.25) is 0 Å². The van der Waals surface area contributed by atoms with Gasteiger partial charge < -0.3 is 21.8 Å². The van der Waals surface area contributed by atoms with Crippen LogP contribution in [0.5, 0.6) is 0 Å². The highest BCUT2D eigenvalue weighted by atomic mass is 19.4. The summed E-state index contributed by atoms with van der Waals surface area (Å²) >= 11 is 0. The lowest BCUT2D eigenvalue weighted by Crippen LogP contribution is -2.19. The Labute approximate surface area is 148 Å². The van der Waals surface area contributed by atoms with Crippen LogP contribution in [0.3, 0.4) is 0 Å². The van der Waals surface area contributed by atoms with Gasteiger partial charge in [0.2, 0.25) is 0 Å². The van der Waals surface area contributed by atoms with Gasteiger partial charge in [-0.15, -0.1) is 0 Å². The van der Waals surface area contributed by atoms with Gasteiger partial charge in [0.05, 0.1) is 12.1 Å². The Morgan fingerprint density at radius 3 is 2.56 bits per heavy atom. The number of imidazole rings is 1. The summed E-state index contributed by atoms with van der Waals surface area (Å²) in [6.45, 7) is -0.136. The van der Waals surface area contributed by atoms with Crippen molar-refractivity contribution in [2.24, 2.45) is 11.5 Å². The third-order valence-corrected chi connectivity index (χ3v) is 3.60. The van der Waals surface area contributed by atoms with E-state index in [4.69, 9.17) is 17.2 Å². The summed E-state index contributed by atoms with van der Waals surface area (Å²) in [5, 5.41) is 7.07. The minimum atomic E-state index is -4.67. The maximum absolute atomic E-state index is 14.1. The maximum Gasteiger partial charge on any atom is 0.430 e. The second-order valence-electron chi connectivity index (χ2n) is 5.49. The molecule has 0 saturated heterocycles. The molecule has 0 atom stereocenters. The molecular weight excluding hydrogens is 370 g/mol. The topological polar surface area (TPSA) is 135 Å². The lowest BCUT2D eigenvalue weighted by atomic mass is 10.3. The zero-order valence-corrected chi connectivity index (χ0v) is 13.5. The molecule has 3 aromatic rings. The molecule has 0 aliphatic carbocycles. The third-order valence-electron chi connectivity index (χ3n) is 3.60. The van der Waals surface area contributed by atoms with E-state index in [1.807, 2.05) is 0 Å². The van der Waals surface area contributed by atoms with Crippen LogP contribution < -0.4 is 17.2 Å². The number of hydrogen-bond acceptors (Lipinski definition) is 7.